The van der Waals surface area contributed by atoms with Gasteiger partial charge in [-0.05, 0) is 24.6 Å². The summed E-state index contributed by atoms with van der Waals surface area (Å²) in [5.41, 5.74) is 0.0304. The standard InChI is InChI=1S/C15H18F2N4O3/c1-2-15(13-5-10(16)3-4-14(13)17)18-7-12(22)9-20-8-11(6-19-20)21(23)24/h3-6,8,12,15,18,22H,2,7,9H2,1H3. The first kappa shape index (κ1) is 18.0. The van der Waals surface area contributed by atoms with E-state index in [-0.39, 0.29) is 24.3 Å². The molecule has 0 spiro atoms. The van der Waals surface area contributed by atoms with Crippen LogP contribution < -0.4 is 5.32 Å². The molecule has 2 N–H and O–H groups in total. The van der Waals surface area contributed by atoms with Crippen LogP contribution in [0.1, 0.15) is 24.9 Å². The molecule has 2 rings (SSSR count). The van der Waals surface area contributed by atoms with Crippen molar-refractivity contribution in [1.29, 1.82) is 0 Å². The highest BCUT2D eigenvalue weighted by Gasteiger charge is 2.17. The molecule has 2 unspecified atom stereocenters. The van der Waals surface area contributed by atoms with Gasteiger partial charge in [-0.25, -0.2) is 8.78 Å². The Hall–Kier alpha value is -2.39. The zero-order valence-electron chi connectivity index (χ0n) is 13.0. The zero-order chi connectivity index (χ0) is 17.7. The summed E-state index contributed by atoms with van der Waals surface area (Å²) in [5, 5.41) is 27.3. The minimum Gasteiger partial charge on any atom is -0.390 e. The van der Waals surface area contributed by atoms with Crippen LogP contribution in [0.2, 0.25) is 0 Å². The number of nitrogens with one attached hydrogen (secondary N) is 1. The topological polar surface area (TPSA) is 93.2 Å². The van der Waals surface area contributed by atoms with Crippen LogP contribution in [0, 0.1) is 21.7 Å². The third-order valence-electron chi connectivity index (χ3n) is 3.57. The fourth-order valence-corrected chi connectivity index (χ4v) is 2.36. The highest BCUT2D eigenvalue weighted by atomic mass is 19.1. The molecule has 0 fully saturated rings. The Morgan fingerprint density at radius 1 is 1.46 bits per heavy atom. The van der Waals surface area contributed by atoms with Crippen molar-refractivity contribution < 1.29 is 18.8 Å². The van der Waals surface area contributed by atoms with Gasteiger partial charge in [0.15, 0.2) is 0 Å². The molecule has 0 aliphatic carbocycles. The maximum absolute atomic E-state index is 13.8. The zero-order valence-corrected chi connectivity index (χ0v) is 13.0. The molecule has 0 amide bonds. The molecule has 1 aromatic carbocycles. The maximum Gasteiger partial charge on any atom is 0.306 e. The van der Waals surface area contributed by atoms with Gasteiger partial charge < -0.3 is 10.4 Å². The van der Waals surface area contributed by atoms with Crippen molar-refractivity contribution in [3.63, 3.8) is 0 Å². The highest BCUT2D eigenvalue weighted by Crippen LogP contribution is 2.21. The van der Waals surface area contributed by atoms with Gasteiger partial charge in [0.1, 0.15) is 24.0 Å². The van der Waals surface area contributed by atoms with Gasteiger partial charge in [0.2, 0.25) is 0 Å². The molecule has 2 aromatic rings. The Bertz CT molecular complexity index is 708. The second-order valence-electron chi connectivity index (χ2n) is 5.37. The van der Waals surface area contributed by atoms with E-state index in [9.17, 15) is 24.0 Å². The fourth-order valence-electron chi connectivity index (χ4n) is 2.36. The second-order valence-corrected chi connectivity index (χ2v) is 5.37. The minimum atomic E-state index is -0.893. The molecule has 0 aliphatic rings. The summed E-state index contributed by atoms with van der Waals surface area (Å²) >= 11 is 0. The average Bonchev–Trinajstić information content (AvgIpc) is 3.00. The van der Waals surface area contributed by atoms with Gasteiger partial charge in [0, 0.05) is 18.2 Å². The molecule has 130 valence electrons. The molecule has 7 nitrogen and oxygen atoms in total. The van der Waals surface area contributed by atoms with E-state index in [0.29, 0.717) is 6.42 Å². The van der Waals surface area contributed by atoms with E-state index >= 15 is 0 Å². The third-order valence-corrected chi connectivity index (χ3v) is 3.57. The van der Waals surface area contributed by atoms with Crippen LogP contribution in [0.3, 0.4) is 0 Å². The first-order valence-electron chi connectivity index (χ1n) is 7.44. The SMILES string of the molecule is CCC(NCC(O)Cn1cc([N+](=O)[O-])cn1)c1cc(F)ccc1F. The molecule has 0 aliphatic heterocycles. The number of rotatable bonds is 8. The summed E-state index contributed by atoms with van der Waals surface area (Å²) in [6.45, 7) is 1.95. The lowest BCUT2D eigenvalue weighted by Gasteiger charge is -2.20. The average molecular weight is 340 g/mol. The van der Waals surface area contributed by atoms with Crippen molar-refractivity contribution in [3.8, 4) is 0 Å². The van der Waals surface area contributed by atoms with E-state index in [1.165, 1.54) is 10.9 Å². The third kappa shape index (κ3) is 4.56. The number of nitro groups is 1. The van der Waals surface area contributed by atoms with Crippen LogP contribution >= 0.6 is 0 Å². The van der Waals surface area contributed by atoms with Crippen LogP contribution in [-0.4, -0.2) is 32.5 Å². The number of aliphatic hydroxyl groups excluding tert-OH is 1. The van der Waals surface area contributed by atoms with Crippen LogP contribution in [-0.2, 0) is 6.54 Å². The van der Waals surface area contributed by atoms with Crippen molar-refractivity contribution in [2.24, 2.45) is 0 Å². The lowest BCUT2D eigenvalue weighted by molar-refractivity contribution is -0.385. The molecule has 1 aromatic heterocycles. The van der Waals surface area contributed by atoms with Crippen LogP contribution in [0.4, 0.5) is 14.5 Å². The smallest absolute Gasteiger partial charge is 0.306 e. The summed E-state index contributed by atoms with van der Waals surface area (Å²) < 4.78 is 28.4. The van der Waals surface area contributed by atoms with Gasteiger partial charge in [-0.3, -0.25) is 14.8 Å². The van der Waals surface area contributed by atoms with Gasteiger partial charge in [-0.2, -0.15) is 5.10 Å². The monoisotopic (exact) mass is 340 g/mol. The van der Waals surface area contributed by atoms with E-state index in [4.69, 9.17) is 0 Å². The van der Waals surface area contributed by atoms with Crippen LogP contribution in [0.25, 0.3) is 0 Å². The molecule has 1 heterocycles. The second kappa shape index (κ2) is 7.93. The number of hydrogen-bond donors (Lipinski definition) is 2. The normalized spacial score (nSPS) is 13.7. The molecular weight excluding hydrogens is 322 g/mol. The lowest BCUT2D eigenvalue weighted by atomic mass is 10.0. The number of benzene rings is 1. The molecular formula is C15H18F2N4O3. The van der Waals surface area contributed by atoms with E-state index < -0.39 is 28.7 Å². The molecule has 9 heteroatoms. The fraction of sp³-hybridized carbons (Fsp3) is 0.400. The number of nitrogens with zero attached hydrogens (tertiary/aromatic N) is 3. The van der Waals surface area contributed by atoms with Gasteiger partial charge in [0.05, 0.1) is 17.6 Å². The van der Waals surface area contributed by atoms with Crippen LogP contribution in [0.5, 0.6) is 0 Å². The Labute approximate surface area is 137 Å². The lowest BCUT2D eigenvalue weighted by Crippen LogP contribution is -2.33. The maximum atomic E-state index is 13.8. The summed E-state index contributed by atoms with van der Waals surface area (Å²) in [6, 6.07) is 2.78. The predicted octanol–water partition coefficient (Wildman–Crippen LogP) is 2.17. The van der Waals surface area contributed by atoms with Crippen molar-refractivity contribution >= 4 is 5.69 Å². The Morgan fingerprint density at radius 3 is 2.83 bits per heavy atom. The largest absolute Gasteiger partial charge is 0.390 e. The first-order valence-corrected chi connectivity index (χ1v) is 7.44. The highest BCUT2D eigenvalue weighted by molar-refractivity contribution is 5.22. The Morgan fingerprint density at radius 2 is 2.21 bits per heavy atom. The minimum absolute atomic E-state index is 0.0446. The Kier molecular flexibility index (Phi) is 5.93. The number of halogens is 2. The number of aliphatic hydroxyl groups is 1. The van der Waals surface area contributed by atoms with Crippen molar-refractivity contribution in [2.75, 3.05) is 6.54 Å². The molecule has 0 bridgehead atoms. The van der Waals surface area contributed by atoms with Crippen molar-refractivity contribution in [2.45, 2.75) is 32.0 Å². The molecule has 0 saturated carbocycles. The van der Waals surface area contributed by atoms with Gasteiger partial charge in [-0.1, -0.05) is 6.92 Å². The summed E-state index contributed by atoms with van der Waals surface area (Å²) in [6.07, 6.45) is 1.92. The summed E-state index contributed by atoms with van der Waals surface area (Å²) in [4.78, 5) is 10.0. The quantitative estimate of drug-likeness (QED) is 0.567. The van der Waals surface area contributed by atoms with Crippen molar-refractivity contribution in [1.82, 2.24) is 15.1 Å². The first-order chi connectivity index (χ1) is 11.4. The molecule has 24 heavy (non-hydrogen) atoms. The van der Waals surface area contributed by atoms with Gasteiger partial charge in [-0.15, -0.1) is 0 Å². The van der Waals surface area contributed by atoms with Gasteiger partial charge in [0.25, 0.3) is 0 Å². The summed E-state index contributed by atoms with van der Waals surface area (Å²) in [7, 11) is 0. The predicted molar refractivity (Wildman–Crippen MR) is 82.3 cm³/mol. The van der Waals surface area contributed by atoms with Crippen molar-refractivity contribution in [3.05, 3.63) is 57.9 Å². The van der Waals surface area contributed by atoms with E-state index in [0.717, 1.165) is 24.4 Å². The summed E-state index contributed by atoms with van der Waals surface area (Å²) in [5.74, 6) is -1.05. The van der Waals surface area contributed by atoms with E-state index in [1.54, 1.807) is 0 Å². The molecule has 0 radical (unpaired) electrons. The number of aromatic nitrogens is 2. The Balaban J connectivity index is 1.94. The molecule has 2 atom stereocenters. The number of hydrogen-bond acceptors (Lipinski definition) is 5. The van der Waals surface area contributed by atoms with E-state index in [1.807, 2.05) is 6.92 Å². The van der Waals surface area contributed by atoms with E-state index in [2.05, 4.69) is 10.4 Å². The van der Waals surface area contributed by atoms with Gasteiger partial charge >= 0.3 is 5.69 Å². The van der Waals surface area contributed by atoms with Crippen LogP contribution in [0.15, 0.2) is 30.6 Å². The molecule has 0 saturated heterocycles.